The van der Waals surface area contributed by atoms with Crippen molar-refractivity contribution in [3.63, 3.8) is 0 Å². The molecule has 0 radical (unpaired) electrons. The third-order valence-corrected chi connectivity index (χ3v) is 1.84. The molecule has 0 bridgehead atoms. The molecule has 1 rings (SSSR count). The molecule has 0 fully saturated rings. The Morgan fingerprint density at radius 2 is 1.86 bits per heavy atom. The van der Waals surface area contributed by atoms with E-state index in [1.807, 2.05) is 0 Å². The Labute approximate surface area is 82.1 Å². The highest BCUT2D eigenvalue weighted by Crippen LogP contribution is 2.14. The van der Waals surface area contributed by atoms with Crippen molar-refractivity contribution in [1.29, 1.82) is 0 Å². The van der Waals surface area contributed by atoms with Gasteiger partial charge >= 0.3 is 5.97 Å². The summed E-state index contributed by atoms with van der Waals surface area (Å²) in [6.07, 6.45) is -0.957. The maximum absolute atomic E-state index is 11.0. The number of benzene rings is 1. The molecule has 14 heavy (non-hydrogen) atoms. The molecule has 1 unspecified atom stereocenters. The summed E-state index contributed by atoms with van der Waals surface area (Å²) < 4.78 is 9.23. The molecular weight excluding hydrogens is 184 g/mol. The van der Waals surface area contributed by atoms with E-state index in [-0.39, 0.29) is 0 Å². The molecule has 76 valence electrons. The highest BCUT2D eigenvalue weighted by atomic mass is 16.6. The average molecular weight is 196 g/mol. The molecule has 4 heteroatoms. The summed E-state index contributed by atoms with van der Waals surface area (Å²) in [6, 6.07) is 6.37. The molecule has 0 amide bonds. The first kappa shape index (κ1) is 10.7. The Balaban J connectivity index is 2.83. The SMILES string of the molecule is COC(=O)c1ccc(C(O)OC)cc1. The van der Waals surface area contributed by atoms with E-state index in [0.29, 0.717) is 11.1 Å². The van der Waals surface area contributed by atoms with Crippen molar-refractivity contribution in [3.8, 4) is 0 Å². The summed E-state index contributed by atoms with van der Waals surface area (Å²) in [5.41, 5.74) is 1.04. The van der Waals surface area contributed by atoms with Crippen LogP contribution in [0, 0.1) is 0 Å². The Bertz CT molecular complexity index is 304. The van der Waals surface area contributed by atoms with Crippen LogP contribution in [0.3, 0.4) is 0 Å². The van der Waals surface area contributed by atoms with Crippen molar-refractivity contribution in [2.45, 2.75) is 6.29 Å². The van der Waals surface area contributed by atoms with Gasteiger partial charge in [0.2, 0.25) is 0 Å². The van der Waals surface area contributed by atoms with Crippen LogP contribution in [0.5, 0.6) is 0 Å². The fraction of sp³-hybridized carbons (Fsp3) is 0.300. The van der Waals surface area contributed by atoms with E-state index in [2.05, 4.69) is 4.74 Å². The van der Waals surface area contributed by atoms with Crippen molar-refractivity contribution >= 4 is 5.97 Å². The largest absolute Gasteiger partial charge is 0.465 e. The molecular formula is C10H12O4. The average Bonchev–Trinajstić information content (AvgIpc) is 2.27. The number of hydrogen-bond acceptors (Lipinski definition) is 4. The van der Waals surface area contributed by atoms with Gasteiger partial charge in [0.15, 0.2) is 6.29 Å². The van der Waals surface area contributed by atoms with Crippen LogP contribution in [0.4, 0.5) is 0 Å². The number of carbonyl (C=O) groups excluding carboxylic acids is 1. The Hall–Kier alpha value is -1.39. The summed E-state index contributed by atoms with van der Waals surface area (Å²) in [6.45, 7) is 0. The Morgan fingerprint density at radius 3 is 2.29 bits per heavy atom. The van der Waals surface area contributed by atoms with Crippen LogP contribution in [0.15, 0.2) is 24.3 Å². The first-order chi connectivity index (χ1) is 6.69. The predicted octanol–water partition coefficient (Wildman–Crippen LogP) is 1.11. The van der Waals surface area contributed by atoms with Gasteiger partial charge in [-0.3, -0.25) is 0 Å². The normalized spacial score (nSPS) is 12.2. The smallest absolute Gasteiger partial charge is 0.337 e. The van der Waals surface area contributed by atoms with Crippen LogP contribution in [0.25, 0.3) is 0 Å². The molecule has 0 spiro atoms. The topological polar surface area (TPSA) is 55.8 Å². The van der Waals surface area contributed by atoms with Gasteiger partial charge in [-0.15, -0.1) is 0 Å². The van der Waals surface area contributed by atoms with Crippen molar-refractivity contribution in [2.24, 2.45) is 0 Å². The van der Waals surface area contributed by atoms with Gasteiger partial charge in [-0.1, -0.05) is 12.1 Å². The van der Waals surface area contributed by atoms with Gasteiger partial charge in [-0.25, -0.2) is 4.79 Å². The molecule has 1 aromatic rings. The van der Waals surface area contributed by atoms with E-state index < -0.39 is 12.3 Å². The van der Waals surface area contributed by atoms with Gasteiger partial charge in [0.1, 0.15) is 0 Å². The van der Waals surface area contributed by atoms with Gasteiger partial charge in [0, 0.05) is 12.7 Å². The predicted molar refractivity (Wildman–Crippen MR) is 49.8 cm³/mol. The number of aliphatic hydroxyl groups is 1. The van der Waals surface area contributed by atoms with Gasteiger partial charge in [-0.2, -0.15) is 0 Å². The molecule has 0 aliphatic heterocycles. The number of esters is 1. The number of carbonyl (C=O) groups is 1. The lowest BCUT2D eigenvalue weighted by Crippen LogP contribution is -2.03. The summed E-state index contributed by atoms with van der Waals surface area (Å²) in [5, 5.41) is 9.28. The van der Waals surface area contributed by atoms with Crippen LogP contribution in [0.1, 0.15) is 22.2 Å². The van der Waals surface area contributed by atoms with Crippen molar-refractivity contribution < 1.29 is 19.4 Å². The van der Waals surface area contributed by atoms with Crippen LogP contribution in [0.2, 0.25) is 0 Å². The Kier molecular flexibility index (Phi) is 3.62. The molecule has 0 aliphatic carbocycles. The zero-order valence-corrected chi connectivity index (χ0v) is 8.06. The molecule has 0 aromatic heterocycles. The second kappa shape index (κ2) is 4.74. The maximum Gasteiger partial charge on any atom is 0.337 e. The van der Waals surface area contributed by atoms with E-state index in [0.717, 1.165) is 0 Å². The van der Waals surface area contributed by atoms with Crippen LogP contribution in [-0.2, 0) is 9.47 Å². The zero-order valence-electron chi connectivity index (χ0n) is 8.06. The van der Waals surface area contributed by atoms with Gasteiger partial charge in [0.25, 0.3) is 0 Å². The van der Waals surface area contributed by atoms with E-state index in [1.54, 1.807) is 24.3 Å². The minimum absolute atomic E-state index is 0.400. The lowest BCUT2D eigenvalue weighted by atomic mass is 10.1. The summed E-state index contributed by atoms with van der Waals surface area (Å²) >= 11 is 0. The number of rotatable bonds is 3. The molecule has 4 nitrogen and oxygen atoms in total. The number of ether oxygens (including phenoxy) is 2. The summed E-state index contributed by atoms with van der Waals surface area (Å²) in [4.78, 5) is 11.0. The van der Waals surface area contributed by atoms with Gasteiger partial charge in [0.05, 0.1) is 12.7 Å². The fourth-order valence-electron chi connectivity index (χ4n) is 1.04. The van der Waals surface area contributed by atoms with Crippen molar-refractivity contribution in [1.82, 2.24) is 0 Å². The minimum atomic E-state index is -0.957. The fourth-order valence-corrected chi connectivity index (χ4v) is 1.04. The standard InChI is InChI=1S/C10H12O4/c1-13-9(11)7-3-5-8(6-4-7)10(12)14-2/h3-6,9,11H,1-2H3. The maximum atomic E-state index is 11.0. The monoisotopic (exact) mass is 196 g/mol. The summed E-state index contributed by atoms with van der Waals surface area (Å²) in [7, 11) is 2.72. The van der Waals surface area contributed by atoms with Crippen LogP contribution >= 0.6 is 0 Å². The second-order valence-electron chi connectivity index (χ2n) is 2.70. The Morgan fingerprint density at radius 1 is 1.29 bits per heavy atom. The summed E-state index contributed by atoms with van der Waals surface area (Å²) in [5.74, 6) is -0.400. The van der Waals surface area contributed by atoms with Crippen molar-refractivity contribution in [2.75, 3.05) is 14.2 Å². The number of methoxy groups -OCH3 is 2. The number of aliphatic hydroxyl groups excluding tert-OH is 1. The van der Waals surface area contributed by atoms with Crippen LogP contribution < -0.4 is 0 Å². The van der Waals surface area contributed by atoms with E-state index in [4.69, 9.17) is 4.74 Å². The molecule has 0 saturated heterocycles. The molecule has 0 aliphatic rings. The lowest BCUT2D eigenvalue weighted by Gasteiger charge is -2.08. The molecule has 0 saturated carbocycles. The van der Waals surface area contributed by atoms with Crippen molar-refractivity contribution in [3.05, 3.63) is 35.4 Å². The first-order valence-electron chi connectivity index (χ1n) is 4.08. The molecule has 1 atom stereocenters. The number of hydrogen-bond donors (Lipinski definition) is 1. The third-order valence-electron chi connectivity index (χ3n) is 1.84. The lowest BCUT2D eigenvalue weighted by molar-refractivity contribution is -0.0769. The highest BCUT2D eigenvalue weighted by Gasteiger charge is 2.08. The molecule has 1 N–H and O–H groups in total. The molecule has 0 heterocycles. The second-order valence-corrected chi connectivity index (χ2v) is 2.70. The molecule has 1 aromatic carbocycles. The minimum Gasteiger partial charge on any atom is -0.465 e. The zero-order chi connectivity index (χ0) is 10.6. The highest BCUT2D eigenvalue weighted by molar-refractivity contribution is 5.89. The third kappa shape index (κ3) is 2.31. The van der Waals surface area contributed by atoms with E-state index in [9.17, 15) is 9.90 Å². The van der Waals surface area contributed by atoms with E-state index >= 15 is 0 Å². The van der Waals surface area contributed by atoms with E-state index in [1.165, 1.54) is 14.2 Å². The first-order valence-corrected chi connectivity index (χ1v) is 4.08. The quantitative estimate of drug-likeness (QED) is 0.581. The van der Waals surface area contributed by atoms with Gasteiger partial charge in [-0.05, 0) is 12.1 Å². The van der Waals surface area contributed by atoms with Gasteiger partial charge < -0.3 is 14.6 Å². The van der Waals surface area contributed by atoms with Crippen LogP contribution in [-0.4, -0.2) is 25.3 Å².